The fourth-order valence-corrected chi connectivity index (χ4v) is 2.25. The summed E-state index contributed by atoms with van der Waals surface area (Å²) in [5.74, 6) is -0.320. The maximum atomic E-state index is 12.0. The summed E-state index contributed by atoms with van der Waals surface area (Å²) in [7, 11) is 0. The lowest BCUT2D eigenvalue weighted by Crippen LogP contribution is -2.31. The Morgan fingerprint density at radius 3 is 2.89 bits per heavy atom. The number of carbonyl (C=O) groups is 2. The Bertz CT molecular complexity index is 505. The van der Waals surface area contributed by atoms with Crippen LogP contribution in [0.2, 0.25) is 5.02 Å². The van der Waals surface area contributed by atoms with Gasteiger partial charge in [0, 0.05) is 24.5 Å². The van der Waals surface area contributed by atoms with Gasteiger partial charge in [0.2, 0.25) is 5.91 Å². The maximum Gasteiger partial charge on any atom is 0.253 e. The second-order valence-electron chi connectivity index (χ2n) is 4.29. The summed E-state index contributed by atoms with van der Waals surface area (Å²) in [5.41, 5.74) is 0.929. The van der Waals surface area contributed by atoms with Crippen LogP contribution in [0.15, 0.2) is 18.2 Å². The zero-order valence-corrected chi connectivity index (χ0v) is 11.1. The molecule has 2 N–H and O–H groups in total. The summed E-state index contributed by atoms with van der Waals surface area (Å²) in [6.07, 6.45) is 1.27. The minimum absolute atomic E-state index is 0.00141. The van der Waals surface area contributed by atoms with Crippen LogP contribution in [0.3, 0.4) is 0 Å². The van der Waals surface area contributed by atoms with E-state index in [9.17, 15) is 9.59 Å². The lowest BCUT2D eigenvalue weighted by atomic mass is 10.1. The van der Waals surface area contributed by atoms with E-state index >= 15 is 0 Å². The van der Waals surface area contributed by atoms with Crippen molar-refractivity contribution in [2.45, 2.75) is 12.8 Å². The van der Waals surface area contributed by atoms with Crippen LogP contribution >= 0.6 is 11.6 Å². The van der Waals surface area contributed by atoms with Crippen LogP contribution in [0, 0.1) is 0 Å². The largest absolute Gasteiger partial charge is 0.395 e. The Morgan fingerprint density at radius 1 is 1.47 bits per heavy atom. The normalized spacial score (nSPS) is 14.8. The molecule has 1 heterocycles. The third kappa shape index (κ3) is 3.05. The van der Waals surface area contributed by atoms with Crippen molar-refractivity contribution in [3.8, 4) is 0 Å². The van der Waals surface area contributed by atoms with E-state index < -0.39 is 0 Å². The minimum atomic E-state index is -0.319. The highest BCUT2D eigenvalue weighted by molar-refractivity contribution is 6.31. The highest BCUT2D eigenvalue weighted by Gasteiger charge is 2.25. The number of aliphatic hydroxyl groups excluding tert-OH is 1. The SMILES string of the molecule is O=C(NCCO)c1ccc(Cl)cc1N1CCCC1=O. The van der Waals surface area contributed by atoms with Gasteiger partial charge in [0.1, 0.15) is 0 Å². The van der Waals surface area contributed by atoms with Crippen LogP contribution < -0.4 is 10.2 Å². The van der Waals surface area contributed by atoms with E-state index in [1.807, 2.05) is 0 Å². The van der Waals surface area contributed by atoms with Crippen molar-refractivity contribution in [2.24, 2.45) is 0 Å². The molecule has 0 aliphatic carbocycles. The first-order valence-electron chi connectivity index (χ1n) is 6.12. The zero-order valence-electron chi connectivity index (χ0n) is 10.4. The molecule has 2 rings (SSSR count). The van der Waals surface area contributed by atoms with Crippen LogP contribution in [0.4, 0.5) is 5.69 Å². The van der Waals surface area contributed by atoms with E-state index in [0.29, 0.717) is 29.2 Å². The number of anilines is 1. The van der Waals surface area contributed by atoms with E-state index in [1.54, 1.807) is 23.1 Å². The van der Waals surface area contributed by atoms with Crippen molar-refractivity contribution >= 4 is 29.1 Å². The molecule has 6 heteroatoms. The number of aliphatic hydroxyl groups is 1. The highest BCUT2D eigenvalue weighted by Crippen LogP contribution is 2.28. The number of carbonyl (C=O) groups excluding carboxylic acids is 2. The molecule has 0 saturated carbocycles. The topological polar surface area (TPSA) is 69.6 Å². The molecular formula is C13H15ClN2O3. The molecule has 1 fully saturated rings. The van der Waals surface area contributed by atoms with E-state index in [2.05, 4.69) is 5.32 Å². The Balaban J connectivity index is 2.32. The van der Waals surface area contributed by atoms with Gasteiger partial charge >= 0.3 is 0 Å². The molecule has 1 aliphatic rings. The molecular weight excluding hydrogens is 268 g/mol. The van der Waals surface area contributed by atoms with Crippen LogP contribution in [0.25, 0.3) is 0 Å². The number of amides is 2. The summed E-state index contributed by atoms with van der Waals surface area (Å²) in [6, 6.07) is 4.83. The fourth-order valence-electron chi connectivity index (χ4n) is 2.09. The molecule has 0 aromatic heterocycles. The average molecular weight is 283 g/mol. The lowest BCUT2D eigenvalue weighted by Gasteiger charge is -2.19. The number of hydrogen-bond acceptors (Lipinski definition) is 3. The smallest absolute Gasteiger partial charge is 0.253 e. The van der Waals surface area contributed by atoms with Crippen molar-refractivity contribution < 1.29 is 14.7 Å². The first-order valence-corrected chi connectivity index (χ1v) is 6.50. The number of benzene rings is 1. The van der Waals surface area contributed by atoms with Crippen molar-refractivity contribution in [2.75, 3.05) is 24.6 Å². The van der Waals surface area contributed by atoms with Gasteiger partial charge in [-0.2, -0.15) is 0 Å². The molecule has 1 saturated heterocycles. The molecule has 102 valence electrons. The second-order valence-corrected chi connectivity index (χ2v) is 4.73. The van der Waals surface area contributed by atoms with Crippen molar-refractivity contribution in [3.63, 3.8) is 0 Å². The molecule has 0 atom stereocenters. The Kier molecular flexibility index (Phi) is 4.39. The third-order valence-electron chi connectivity index (χ3n) is 2.97. The van der Waals surface area contributed by atoms with Gasteiger partial charge in [-0.15, -0.1) is 0 Å². The number of hydrogen-bond donors (Lipinski definition) is 2. The van der Waals surface area contributed by atoms with Crippen LogP contribution in [0.1, 0.15) is 23.2 Å². The highest BCUT2D eigenvalue weighted by atomic mass is 35.5. The van der Waals surface area contributed by atoms with E-state index in [1.165, 1.54) is 0 Å². The first-order chi connectivity index (χ1) is 9.13. The van der Waals surface area contributed by atoms with Gasteiger partial charge in [-0.25, -0.2) is 0 Å². The summed E-state index contributed by atoms with van der Waals surface area (Å²) in [6.45, 7) is 0.644. The summed E-state index contributed by atoms with van der Waals surface area (Å²) < 4.78 is 0. The third-order valence-corrected chi connectivity index (χ3v) is 3.20. The molecule has 1 aromatic rings. The maximum absolute atomic E-state index is 12.0. The number of nitrogens with zero attached hydrogens (tertiary/aromatic N) is 1. The molecule has 0 radical (unpaired) electrons. The Labute approximate surface area is 116 Å². The van der Waals surface area contributed by atoms with E-state index in [0.717, 1.165) is 6.42 Å². The Morgan fingerprint density at radius 2 is 2.26 bits per heavy atom. The summed E-state index contributed by atoms with van der Waals surface area (Å²) in [4.78, 5) is 25.4. The molecule has 0 spiro atoms. The molecule has 2 amide bonds. The van der Waals surface area contributed by atoms with Gasteiger partial charge in [-0.3, -0.25) is 9.59 Å². The predicted molar refractivity (Wildman–Crippen MR) is 72.5 cm³/mol. The fraction of sp³-hybridized carbons (Fsp3) is 0.385. The molecule has 1 aliphatic heterocycles. The van der Waals surface area contributed by atoms with Crippen molar-refractivity contribution in [1.82, 2.24) is 5.32 Å². The molecule has 5 nitrogen and oxygen atoms in total. The summed E-state index contributed by atoms with van der Waals surface area (Å²) >= 11 is 5.94. The van der Waals surface area contributed by atoms with Crippen LogP contribution in [-0.4, -0.2) is 36.6 Å². The Hall–Kier alpha value is -1.59. The van der Waals surface area contributed by atoms with E-state index in [-0.39, 0.29) is 25.0 Å². The van der Waals surface area contributed by atoms with Gasteiger partial charge in [-0.05, 0) is 24.6 Å². The summed E-state index contributed by atoms with van der Waals surface area (Å²) in [5, 5.41) is 11.8. The zero-order chi connectivity index (χ0) is 13.8. The van der Waals surface area contributed by atoms with Gasteiger partial charge < -0.3 is 15.3 Å². The van der Waals surface area contributed by atoms with E-state index in [4.69, 9.17) is 16.7 Å². The van der Waals surface area contributed by atoms with Crippen LogP contribution in [-0.2, 0) is 4.79 Å². The van der Waals surface area contributed by atoms with Gasteiger partial charge in [-0.1, -0.05) is 11.6 Å². The minimum Gasteiger partial charge on any atom is -0.395 e. The number of rotatable bonds is 4. The van der Waals surface area contributed by atoms with Crippen LogP contribution in [0.5, 0.6) is 0 Å². The second kappa shape index (κ2) is 6.04. The molecule has 1 aromatic carbocycles. The molecule has 19 heavy (non-hydrogen) atoms. The first kappa shape index (κ1) is 13.8. The van der Waals surface area contributed by atoms with Crippen molar-refractivity contribution in [1.29, 1.82) is 0 Å². The van der Waals surface area contributed by atoms with Gasteiger partial charge in [0.15, 0.2) is 0 Å². The molecule has 0 bridgehead atoms. The average Bonchev–Trinajstić information content (AvgIpc) is 2.82. The number of nitrogens with one attached hydrogen (secondary N) is 1. The quantitative estimate of drug-likeness (QED) is 0.871. The molecule has 0 unspecified atom stereocenters. The van der Waals surface area contributed by atoms with Crippen molar-refractivity contribution in [3.05, 3.63) is 28.8 Å². The van der Waals surface area contributed by atoms with Gasteiger partial charge in [0.25, 0.3) is 5.91 Å². The van der Waals surface area contributed by atoms with Gasteiger partial charge in [0.05, 0.1) is 17.9 Å². The monoisotopic (exact) mass is 282 g/mol. The predicted octanol–water partition coefficient (Wildman–Crippen LogP) is 1.19. The lowest BCUT2D eigenvalue weighted by molar-refractivity contribution is -0.117. The standard InChI is InChI=1S/C13H15ClN2O3/c14-9-3-4-10(13(19)15-5-7-17)11(8-9)16-6-1-2-12(16)18/h3-4,8,17H,1-2,5-7H2,(H,15,19). The number of halogens is 1.